The topological polar surface area (TPSA) is 31.6 Å². The van der Waals surface area contributed by atoms with E-state index in [1.54, 1.807) is 0 Å². The summed E-state index contributed by atoms with van der Waals surface area (Å²) >= 11 is 7.07. The molecule has 0 saturated carbocycles. The van der Waals surface area contributed by atoms with Crippen LogP contribution in [0.15, 0.2) is 57.5 Å². The Labute approximate surface area is 142 Å². The third kappa shape index (κ3) is 1.71. The molecular formula is C18H10Br2N2. The molecule has 106 valence electrons. The molecule has 22 heavy (non-hydrogen) atoms. The van der Waals surface area contributed by atoms with Gasteiger partial charge in [0.2, 0.25) is 0 Å². The zero-order valence-corrected chi connectivity index (χ0v) is 14.5. The third-order valence-electron chi connectivity index (χ3n) is 4.24. The normalized spacial score (nSPS) is 12.1. The van der Waals surface area contributed by atoms with Crippen LogP contribution >= 0.6 is 31.9 Å². The smallest absolute Gasteiger partial charge is 0.0486 e. The van der Waals surface area contributed by atoms with Gasteiger partial charge in [-0.05, 0) is 36.4 Å². The van der Waals surface area contributed by atoms with Gasteiger partial charge < -0.3 is 9.97 Å². The van der Waals surface area contributed by atoms with E-state index in [1.165, 1.54) is 21.5 Å². The lowest BCUT2D eigenvalue weighted by atomic mass is 10.1. The number of fused-ring (bicyclic) bond motifs is 6. The van der Waals surface area contributed by atoms with Gasteiger partial charge in [0.15, 0.2) is 0 Å². The second-order valence-corrected chi connectivity index (χ2v) is 7.40. The van der Waals surface area contributed by atoms with Gasteiger partial charge in [-0.2, -0.15) is 0 Å². The van der Waals surface area contributed by atoms with Crippen LogP contribution in [-0.4, -0.2) is 9.97 Å². The monoisotopic (exact) mass is 412 g/mol. The highest BCUT2D eigenvalue weighted by Crippen LogP contribution is 2.34. The maximum Gasteiger partial charge on any atom is 0.0486 e. The van der Waals surface area contributed by atoms with Crippen LogP contribution in [0.3, 0.4) is 0 Å². The average Bonchev–Trinajstić information content (AvgIpc) is 3.00. The van der Waals surface area contributed by atoms with Crippen molar-refractivity contribution in [3.63, 3.8) is 0 Å². The fraction of sp³-hybridized carbons (Fsp3) is 0. The van der Waals surface area contributed by atoms with Gasteiger partial charge in [0, 0.05) is 52.6 Å². The van der Waals surface area contributed by atoms with Crippen LogP contribution in [-0.2, 0) is 0 Å². The predicted molar refractivity (Wildman–Crippen MR) is 101 cm³/mol. The molecule has 3 aromatic carbocycles. The summed E-state index contributed by atoms with van der Waals surface area (Å²) in [6.07, 6.45) is 0. The molecule has 0 aliphatic rings. The van der Waals surface area contributed by atoms with E-state index in [9.17, 15) is 0 Å². The summed E-state index contributed by atoms with van der Waals surface area (Å²) in [5.74, 6) is 0. The van der Waals surface area contributed by atoms with Crippen LogP contribution in [0.1, 0.15) is 0 Å². The van der Waals surface area contributed by atoms with Crippen molar-refractivity contribution in [3.05, 3.63) is 57.5 Å². The number of H-pyrrole nitrogens is 2. The molecule has 0 radical (unpaired) electrons. The van der Waals surface area contributed by atoms with E-state index in [-0.39, 0.29) is 0 Å². The van der Waals surface area contributed by atoms with Crippen LogP contribution in [0, 0.1) is 0 Å². The number of hydrogen-bond donors (Lipinski definition) is 2. The second-order valence-electron chi connectivity index (χ2n) is 5.57. The van der Waals surface area contributed by atoms with E-state index < -0.39 is 0 Å². The Hall–Kier alpha value is -1.78. The van der Waals surface area contributed by atoms with E-state index in [0.717, 1.165) is 31.0 Å². The molecule has 0 unspecified atom stereocenters. The number of hydrogen-bond acceptors (Lipinski definition) is 0. The average molecular weight is 414 g/mol. The lowest BCUT2D eigenvalue weighted by molar-refractivity contribution is 1.52. The van der Waals surface area contributed by atoms with Crippen molar-refractivity contribution in [1.29, 1.82) is 0 Å². The number of rotatable bonds is 0. The van der Waals surface area contributed by atoms with Gasteiger partial charge in [-0.15, -0.1) is 0 Å². The van der Waals surface area contributed by atoms with Crippen LogP contribution in [0.25, 0.3) is 43.6 Å². The molecule has 2 N–H and O–H groups in total. The molecule has 0 spiro atoms. The summed E-state index contributed by atoms with van der Waals surface area (Å²) in [7, 11) is 0. The SMILES string of the molecule is Brc1ccc2c(c1)[nH]c1cc3[nH]c4cc(Br)ccc4c3cc12. The minimum absolute atomic E-state index is 1.09. The predicted octanol–water partition coefficient (Wildman–Crippen LogP) is 6.48. The first-order chi connectivity index (χ1) is 10.7. The molecule has 0 amide bonds. The van der Waals surface area contributed by atoms with Crippen molar-refractivity contribution < 1.29 is 0 Å². The Kier molecular flexibility index (Phi) is 2.53. The highest BCUT2D eigenvalue weighted by Gasteiger charge is 2.10. The maximum absolute atomic E-state index is 3.53. The standard InChI is InChI=1S/C18H10Br2N2/c19-9-1-3-11-13-7-14-12-4-2-10(20)6-16(12)22-18(14)8-17(13)21-15(11)5-9/h1-8,21-22H. The Morgan fingerprint density at radius 3 is 1.45 bits per heavy atom. The van der Waals surface area contributed by atoms with Crippen LogP contribution in [0.4, 0.5) is 0 Å². The van der Waals surface area contributed by atoms with Crippen molar-refractivity contribution in [2.45, 2.75) is 0 Å². The fourth-order valence-corrected chi connectivity index (χ4v) is 3.97. The first kappa shape index (κ1) is 12.7. The lowest BCUT2D eigenvalue weighted by Crippen LogP contribution is -1.70. The quantitative estimate of drug-likeness (QED) is 0.291. The Bertz CT molecular complexity index is 1110. The summed E-state index contributed by atoms with van der Waals surface area (Å²) in [6, 6.07) is 17.2. The van der Waals surface area contributed by atoms with Crippen LogP contribution in [0.2, 0.25) is 0 Å². The van der Waals surface area contributed by atoms with Crippen molar-refractivity contribution >= 4 is 75.5 Å². The molecule has 2 aromatic heterocycles. The molecule has 0 aliphatic heterocycles. The Morgan fingerprint density at radius 2 is 0.955 bits per heavy atom. The molecule has 4 heteroatoms. The minimum atomic E-state index is 1.09. The number of aromatic nitrogens is 2. The fourth-order valence-electron chi connectivity index (χ4n) is 3.25. The van der Waals surface area contributed by atoms with Crippen LogP contribution < -0.4 is 0 Å². The van der Waals surface area contributed by atoms with Gasteiger partial charge in [0.1, 0.15) is 0 Å². The van der Waals surface area contributed by atoms with Gasteiger partial charge >= 0.3 is 0 Å². The van der Waals surface area contributed by atoms with Gasteiger partial charge in [-0.1, -0.05) is 44.0 Å². The van der Waals surface area contributed by atoms with Crippen LogP contribution in [0.5, 0.6) is 0 Å². The molecule has 0 atom stereocenters. The molecule has 0 bridgehead atoms. The maximum atomic E-state index is 3.53. The van der Waals surface area contributed by atoms with Crippen molar-refractivity contribution in [2.24, 2.45) is 0 Å². The summed E-state index contributed by atoms with van der Waals surface area (Å²) < 4.78 is 2.18. The number of halogens is 2. The molecule has 5 rings (SSSR count). The number of nitrogens with one attached hydrogen (secondary N) is 2. The summed E-state index contributed by atoms with van der Waals surface area (Å²) in [6.45, 7) is 0. The second kappa shape index (κ2) is 4.37. The van der Waals surface area contributed by atoms with E-state index in [0.29, 0.717) is 0 Å². The molecule has 0 saturated heterocycles. The molecule has 2 nitrogen and oxygen atoms in total. The number of benzene rings is 3. The van der Waals surface area contributed by atoms with E-state index >= 15 is 0 Å². The summed E-state index contributed by atoms with van der Waals surface area (Å²) in [5, 5.41) is 5.04. The van der Waals surface area contributed by atoms with Gasteiger partial charge in [0.25, 0.3) is 0 Å². The van der Waals surface area contributed by atoms with Gasteiger partial charge in [0.05, 0.1) is 0 Å². The first-order valence-corrected chi connectivity index (χ1v) is 8.59. The van der Waals surface area contributed by atoms with E-state index in [4.69, 9.17) is 0 Å². The van der Waals surface area contributed by atoms with Gasteiger partial charge in [-0.25, -0.2) is 0 Å². The molecular weight excluding hydrogens is 404 g/mol. The molecule has 0 fully saturated rings. The Balaban J connectivity index is 1.97. The molecule has 0 aliphatic carbocycles. The van der Waals surface area contributed by atoms with E-state index in [2.05, 4.69) is 90.4 Å². The highest BCUT2D eigenvalue weighted by molar-refractivity contribution is 9.10. The summed E-state index contributed by atoms with van der Waals surface area (Å²) in [5.41, 5.74) is 4.63. The highest BCUT2D eigenvalue weighted by atomic mass is 79.9. The zero-order valence-electron chi connectivity index (χ0n) is 11.4. The van der Waals surface area contributed by atoms with Gasteiger partial charge in [-0.3, -0.25) is 0 Å². The van der Waals surface area contributed by atoms with E-state index in [1.807, 2.05) is 0 Å². The minimum Gasteiger partial charge on any atom is -0.354 e. The first-order valence-electron chi connectivity index (χ1n) is 7.01. The molecule has 2 heterocycles. The summed E-state index contributed by atoms with van der Waals surface area (Å²) in [4.78, 5) is 7.01. The van der Waals surface area contributed by atoms with Crippen molar-refractivity contribution in [2.75, 3.05) is 0 Å². The van der Waals surface area contributed by atoms with Crippen molar-refractivity contribution in [3.8, 4) is 0 Å². The lowest BCUT2D eigenvalue weighted by Gasteiger charge is -1.95. The largest absolute Gasteiger partial charge is 0.354 e. The molecule has 5 aromatic rings. The Morgan fingerprint density at radius 1 is 0.500 bits per heavy atom. The third-order valence-corrected chi connectivity index (χ3v) is 5.23. The number of aromatic amines is 2. The van der Waals surface area contributed by atoms with Crippen molar-refractivity contribution in [1.82, 2.24) is 9.97 Å². The zero-order chi connectivity index (χ0) is 14.8.